The van der Waals surface area contributed by atoms with Crippen molar-refractivity contribution in [3.8, 4) is 11.8 Å². The molecule has 0 atom stereocenters. The fourth-order valence-electron chi connectivity index (χ4n) is 3.33. The molecule has 0 saturated heterocycles. The van der Waals surface area contributed by atoms with Gasteiger partial charge >= 0.3 is 5.97 Å². The van der Waals surface area contributed by atoms with Crippen LogP contribution in [0.4, 0.5) is 0 Å². The normalized spacial score (nSPS) is 14.4. The lowest BCUT2D eigenvalue weighted by atomic mass is 9.91. The van der Waals surface area contributed by atoms with Crippen LogP contribution in [0.2, 0.25) is 0 Å². The molecule has 4 heteroatoms. The lowest BCUT2D eigenvalue weighted by Gasteiger charge is -2.23. The fourth-order valence-corrected chi connectivity index (χ4v) is 3.33. The predicted octanol–water partition coefficient (Wildman–Crippen LogP) is 5.11. The molecule has 1 aliphatic heterocycles. The van der Waals surface area contributed by atoms with Gasteiger partial charge in [0, 0.05) is 16.7 Å². The van der Waals surface area contributed by atoms with Crippen molar-refractivity contribution in [2.45, 2.75) is 6.92 Å². The van der Waals surface area contributed by atoms with E-state index in [-0.39, 0.29) is 12.2 Å². The van der Waals surface area contributed by atoms with Crippen molar-refractivity contribution in [3.05, 3.63) is 89.5 Å². The highest BCUT2D eigenvalue weighted by molar-refractivity contribution is 6.11. The van der Waals surface area contributed by atoms with E-state index in [1.54, 1.807) is 13.0 Å². The van der Waals surface area contributed by atoms with Crippen LogP contribution in [0.15, 0.2) is 78.4 Å². The van der Waals surface area contributed by atoms with E-state index < -0.39 is 5.97 Å². The molecule has 0 saturated carbocycles. The Hall–Kier alpha value is -3.84. The van der Waals surface area contributed by atoms with Gasteiger partial charge in [0.05, 0.1) is 6.61 Å². The molecule has 0 bridgehead atoms. The van der Waals surface area contributed by atoms with Crippen molar-refractivity contribution in [2.24, 2.45) is 0 Å². The SMILES string of the molecule is CCOC(=O)/C(C#N)=C1\C=C(c2ccccc2)Oc2ccc3ccccc3c21. The summed E-state index contributed by atoms with van der Waals surface area (Å²) in [5.41, 5.74) is 2.07. The second-order valence-electron chi connectivity index (χ2n) is 6.26. The first-order chi connectivity index (χ1) is 13.7. The smallest absolute Gasteiger partial charge is 0.349 e. The monoisotopic (exact) mass is 367 g/mol. The minimum atomic E-state index is -0.635. The zero-order valence-electron chi connectivity index (χ0n) is 15.3. The molecule has 0 N–H and O–H groups in total. The second-order valence-corrected chi connectivity index (χ2v) is 6.26. The van der Waals surface area contributed by atoms with Crippen LogP contribution in [0, 0.1) is 11.3 Å². The molecule has 136 valence electrons. The second kappa shape index (κ2) is 7.42. The van der Waals surface area contributed by atoms with Crippen molar-refractivity contribution >= 4 is 28.1 Å². The number of carbonyl (C=O) groups excluding carboxylic acids is 1. The van der Waals surface area contributed by atoms with Crippen LogP contribution >= 0.6 is 0 Å². The van der Waals surface area contributed by atoms with Gasteiger partial charge in [-0.05, 0) is 29.8 Å². The van der Waals surface area contributed by atoms with E-state index in [0.29, 0.717) is 17.1 Å². The van der Waals surface area contributed by atoms with Gasteiger partial charge < -0.3 is 9.47 Å². The van der Waals surface area contributed by atoms with Gasteiger partial charge in [0.15, 0.2) is 0 Å². The average Bonchev–Trinajstić information content (AvgIpc) is 2.74. The van der Waals surface area contributed by atoms with E-state index in [9.17, 15) is 10.1 Å². The first-order valence-corrected chi connectivity index (χ1v) is 9.01. The third-order valence-electron chi connectivity index (χ3n) is 4.57. The Morgan fingerprint density at radius 1 is 1.04 bits per heavy atom. The van der Waals surface area contributed by atoms with Gasteiger partial charge in [-0.15, -0.1) is 0 Å². The highest BCUT2D eigenvalue weighted by Gasteiger charge is 2.26. The van der Waals surface area contributed by atoms with E-state index in [1.165, 1.54) is 0 Å². The fraction of sp³-hybridized carbons (Fsp3) is 0.0833. The molecule has 1 heterocycles. The summed E-state index contributed by atoms with van der Waals surface area (Å²) in [6.45, 7) is 1.92. The number of fused-ring (bicyclic) bond motifs is 3. The molecule has 4 nitrogen and oxygen atoms in total. The van der Waals surface area contributed by atoms with Gasteiger partial charge in [-0.2, -0.15) is 5.26 Å². The van der Waals surface area contributed by atoms with Crippen molar-refractivity contribution in [1.82, 2.24) is 0 Å². The minimum absolute atomic E-state index is 0.0313. The van der Waals surface area contributed by atoms with Gasteiger partial charge in [0.1, 0.15) is 23.2 Å². The summed E-state index contributed by atoms with van der Waals surface area (Å²) >= 11 is 0. The summed E-state index contributed by atoms with van der Waals surface area (Å²) in [6.07, 6.45) is 1.75. The summed E-state index contributed by atoms with van der Waals surface area (Å²) in [7, 11) is 0. The lowest BCUT2D eigenvalue weighted by molar-refractivity contribution is -0.137. The highest BCUT2D eigenvalue weighted by Crippen LogP contribution is 2.42. The van der Waals surface area contributed by atoms with Crippen LogP contribution in [-0.2, 0) is 9.53 Å². The molecule has 0 spiro atoms. The first-order valence-electron chi connectivity index (χ1n) is 9.01. The van der Waals surface area contributed by atoms with Crippen LogP contribution in [0.1, 0.15) is 18.1 Å². The predicted molar refractivity (Wildman–Crippen MR) is 108 cm³/mol. The molecule has 3 aromatic carbocycles. The Balaban J connectivity index is 2.02. The topological polar surface area (TPSA) is 59.3 Å². The number of nitrogens with zero attached hydrogens (tertiary/aromatic N) is 1. The first kappa shape index (κ1) is 17.6. The number of esters is 1. The summed E-state index contributed by atoms with van der Waals surface area (Å²) in [5, 5.41) is 11.7. The minimum Gasteiger partial charge on any atom is -0.462 e. The van der Waals surface area contributed by atoms with Gasteiger partial charge in [0.25, 0.3) is 0 Å². The summed E-state index contributed by atoms with van der Waals surface area (Å²) in [4.78, 5) is 12.5. The average molecular weight is 367 g/mol. The maximum Gasteiger partial charge on any atom is 0.349 e. The molecule has 1 aliphatic rings. The van der Waals surface area contributed by atoms with Crippen molar-refractivity contribution in [3.63, 3.8) is 0 Å². The summed E-state index contributed by atoms with van der Waals surface area (Å²) < 4.78 is 11.3. The van der Waals surface area contributed by atoms with Crippen molar-refractivity contribution < 1.29 is 14.3 Å². The maximum atomic E-state index is 12.5. The molecule has 28 heavy (non-hydrogen) atoms. The van der Waals surface area contributed by atoms with Crippen LogP contribution in [0.3, 0.4) is 0 Å². The number of ether oxygens (including phenoxy) is 2. The summed E-state index contributed by atoms with van der Waals surface area (Å²) in [5.74, 6) is 0.548. The molecular weight excluding hydrogens is 350 g/mol. The molecule has 0 radical (unpaired) electrons. The van der Waals surface area contributed by atoms with E-state index in [0.717, 1.165) is 21.9 Å². The molecule has 0 fully saturated rings. The van der Waals surface area contributed by atoms with Crippen LogP contribution in [0.25, 0.3) is 22.1 Å². The van der Waals surface area contributed by atoms with E-state index in [2.05, 4.69) is 0 Å². The molecule has 0 aromatic heterocycles. The van der Waals surface area contributed by atoms with E-state index >= 15 is 0 Å². The van der Waals surface area contributed by atoms with Gasteiger partial charge in [-0.25, -0.2) is 4.79 Å². The Labute approximate surface area is 162 Å². The van der Waals surface area contributed by atoms with Gasteiger partial charge in [-0.1, -0.05) is 60.7 Å². The van der Waals surface area contributed by atoms with Crippen molar-refractivity contribution in [1.29, 1.82) is 5.26 Å². The Morgan fingerprint density at radius 2 is 1.79 bits per heavy atom. The maximum absolute atomic E-state index is 12.5. The van der Waals surface area contributed by atoms with Crippen LogP contribution in [-0.4, -0.2) is 12.6 Å². The van der Waals surface area contributed by atoms with E-state index in [4.69, 9.17) is 9.47 Å². The van der Waals surface area contributed by atoms with Gasteiger partial charge in [0.2, 0.25) is 0 Å². The van der Waals surface area contributed by atoms with Crippen molar-refractivity contribution in [2.75, 3.05) is 6.61 Å². The Bertz CT molecular complexity index is 1170. The molecular formula is C24H17NO3. The molecule has 0 amide bonds. The standard InChI is InChI=1S/C24H17NO3/c1-2-27-24(26)20(15-25)19-14-22(17-9-4-3-5-10-17)28-21-13-12-16-8-6-7-11-18(16)23(19)21/h3-14H,2H2,1H3/b20-19+. The Morgan fingerprint density at radius 3 is 2.54 bits per heavy atom. The van der Waals surface area contributed by atoms with E-state index in [1.807, 2.05) is 72.8 Å². The molecule has 3 aromatic rings. The van der Waals surface area contributed by atoms with Crippen LogP contribution < -0.4 is 4.74 Å². The number of carbonyl (C=O) groups is 1. The Kier molecular flexibility index (Phi) is 4.65. The number of rotatable bonds is 3. The third-order valence-corrected chi connectivity index (χ3v) is 4.57. The number of allylic oxidation sites excluding steroid dienone is 2. The van der Waals surface area contributed by atoms with Crippen LogP contribution in [0.5, 0.6) is 5.75 Å². The number of nitriles is 1. The lowest BCUT2D eigenvalue weighted by Crippen LogP contribution is -2.12. The quantitative estimate of drug-likeness (QED) is 0.366. The highest BCUT2D eigenvalue weighted by atomic mass is 16.5. The zero-order valence-corrected chi connectivity index (χ0v) is 15.3. The molecule has 0 unspecified atom stereocenters. The van der Waals surface area contributed by atoms with Gasteiger partial charge in [-0.3, -0.25) is 0 Å². The molecule has 4 rings (SSSR count). The molecule has 0 aliphatic carbocycles. The third kappa shape index (κ3) is 3.04. The number of hydrogen-bond acceptors (Lipinski definition) is 4. The number of benzene rings is 3. The largest absolute Gasteiger partial charge is 0.462 e. The summed E-state index contributed by atoms with van der Waals surface area (Å²) in [6, 6.07) is 23.3. The number of hydrogen-bond donors (Lipinski definition) is 0. The zero-order chi connectivity index (χ0) is 19.5.